The number of anilines is 1. The maximum atomic E-state index is 12.6. The van der Waals surface area contributed by atoms with Crippen molar-refractivity contribution in [1.82, 2.24) is 4.90 Å². The van der Waals surface area contributed by atoms with Gasteiger partial charge in [-0.2, -0.15) is 0 Å². The second kappa shape index (κ2) is 7.60. The standard InChI is InChI=1S/C20H22N2OS/c1-3-22(14-19-9-6-12-24-19)15(2)20(23)21-18-11-10-16-7-4-5-8-17(16)13-18/h4-13,15H,3,14H2,1-2H3,(H,21,23)/t15-/m0/s1. The lowest BCUT2D eigenvalue weighted by atomic mass is 10.1. The maximum Gasteiger partial charge on any atom is 0.241 e. The highest BCUT2D eigenvalue weighted by Crippen LogP contribution is 2.20. The van der Waals surface area contributed by atoms with Gasteiger partial charge in [-0.15, -0.1) is 11.3 Å². The summed E-state index contributed by atoms with van der Waals surface area (Å²) < 4.78 is 0. The van der Waals surface area contributed by atoms with Crippen LogP contribution in [0.2, 0.25) is 0 Å². The predicted octanol–water partition coefficient (Wildman–Crippen LogP) is 4.75. The number of hydrogen-bond donors (Lipinski definition) is 1. The van der Waals surface area contributed by atoms with Gasteiger partial charge in [0.05, 0.1) is 6.04 Å². The number of rotatable bonds is 6. The molecule has 1 amide bonds. The van der Waals surface area contributed by atoms with Crippen LogP contribution in [0.25, 0.3) is 10.8 Å². The Bertz CT molecular complexity index is 813. The average molecular weight is 338 g/mol. The number of amides is 1. The van der Waals surface area contributed by atoms with Crippen LogP contribution in [0, 0.1) is 0 Å². The third kappa shape index (κ3) is 3.83. The second-order valence-electron chi connectivity index (χ2n) is 5.87. The lowest BCUT2D eigenvalue weighted by Gasteiger charge is -2.26. The molecule has 1 heterocycles. The van der Waals surface area contributed by atoms with E-state index in [4.69, 9.17) is 0 Å². The van der Waals surface area contributed by atoms with Gasteiger partial charge in [0.25, 0.3) is 0 Å². The van der Waals surface area contributed by atoms with Crippen molar-refractivity contribution in [3.63, 3.8) is 0 Å². The van der Waals surface area contributed by atoms with Crippen LogP contribution in [0.15, 0.2) is 60.0 Å². The number of nitrogens with zero attached hydrogens (tertiary/aromatic N) is 1. The average Bonchev–Trinajstić information content (AvgIpc) is 3.12. The number of benzene rings is 2. The summed E-state index contributed by atoms with van der Waals surface area (Å²) in [6.07, 6.45) is 0. The molecule has 2 aromatic carbocycles. The molecule has 1 atom stereocenters. The molecular formula is C20H22N2OS. The van der Waals surface area contributed by atoms with Gasteiger partial charge in [0, 0.05) is 17.1 Å². The summed E-state index contributed by atoms with van der Waals surface area (Å²) in [6, 6.07) is 18.2. The normalized spacial score (nSPS) is 12.5. The predicted molar refractivity (Wildman–Crippen MR) is 102 cm³/mol. The van der Waals surface area contributed by atoms with E-state index in [9.17, 15) is 4.79 Å². The number of carbonyl (C=O) groups excluding carboxylic acids is 1. The van der Waals surface area contributed by atoms with Crippen molar-refractivity contribution < 1.29 is 4.79 Å². The van der Waals surface area contributed by atoms with Gasteiger partial charge in [-0.25, -0.2) is 0 Å². The van der Waals surface area contributed by atoms with Crippen molar-refractivity contribution in [3.05, 3.63) is 64.9 Å². The first-order valence-electron chi connectivity index (χ1n) is 8.23. The van der Waals surface area contributed by atoms with Crippen LogP contribution in [-0.4, -0.2) is 23.4 Å². The monoisotopic (exact) mass is 338 g/mol. The minimum absolute atomic E-state index is 0.0312. The van der Waals surface area contributed by atoms with Crippen LogP contribution in [0.3, 0.4) is 0 Å². The number of hydrogen-bond acceptors (Lipinski definition) is 3. The molecule has 0 saturated heterocycles. The largest absolute Gasteiger partial charge is 0.325 e. The van der Waals surface area contributed by atoms with Gasteiger partial charge < -0.3 is 5.32 Å². The maximum absolute atomic E-state index is 12.6. The van der Waals surface area contributed by atoms with Crippen LogP contribution in [-0.2, 0) is 11.3 Å². The zero-order valence-corrected chi connectivity index (χ0v) is 14.8. The summed E-state index contributed by atoms with van der Waals surface area (Å²) in [5.41, 5.74) is 0.845. The molecule has 1 N–H and O–H groups in total. The van der Waals surface area contributed by atoms with Crippen LogP contribution < -0.4 is 5.32 Å². The molecule has 0 unspecified atom stereocenters. The minimum Gasteiger partial charge on any atom is -0.325 e. The van der Waals surface area contributed by atoms with Gasteiger partial charge in [-0.05, 0) is 47.8 Å². The zero-order chi connectivity index (χ0) is 16.9. The molecule has 0 aliphatic rings. The van der Waals surface area contributed by atoms with Crippen LogP contribution >= 0.6 is 11.3 Å². The molecule has 0 fully saturated rings. The van der Waals surface area contributed by atoms with Crippen LogP contribution in [0.5, 0.6) is 0 Å². The molecule has 24 heavy (non-hydrogen) atoms. The summed E-state index contributed by atoms with van der Waals surface area (Å²) in [4.78, 5) is 16.1. The summed E-state index contributed by atoms with van der Waals surface area (Å²) >= 11 is 1.73. The van der Waals surface area contributed by atoms with Gasteiger partial charge >= 0.3 is 0 Å². The zero-order valence-electron chi connectivity index (χ0n) is 14.0. The van der Waals surface area contributed by atoms with Crippen molar-refractivity contribution >= 4 is 33.7 Å². The van der Waals surface area contributed by atoms with Crippen molar-refractivity contribution in [2.45, 2.75) is 26.4 Å². The van der Waals surface area contributed by atoms with Crippen LogP contribution in [0.1, 0.15) is 18.7 Å². The molecule has 0 radical (unpaired) electrons. The Morgan fingerprint density at radius 2 is 1.92 bits per heavy atom. The van der Waals surface area contributed by atoms with E-state index in [1.54, 1.807) is 11.3 Å². The lowest BCUT2D eigenvalue weighted by molar-refractivity contribution is -0.120. The Morgan fingerprint density at radius 3 is 2.62 bits per heavy atom. The highest BCUT2D eigenvalue weighted by Gasteiger charge is 2.20. The van der Waals surface area contributed by atoms with E-state index in [2.05, 4.69) is 40.7 Å². The fourth-order valence-electron chi connectivity index (χ4n) is 2.80. The quantitative estimate of drug-likeness (QED) is 0.703. The molecule has 4 heteroatoms. The summed E-state index contributed by atoms with van der Waals surface area (Å²) in [6.45, 7) is 5.70. The van der Waals surface area contributed by atoms with Crippen molar-refractivity contribution in [3.8, 4) is 0 Å². The second-order valence-corrected chi connectivity index (χ2v) is 6.90. The fraction of sp³-hybridized carbons (Fsp3) is 0.250. The van der Waals surface area contributed by atoms with E-state index in [0.29, 0.717) is 0 Å². The molecule has 0 spiro atoms. The Balaban J connectivity index is 1.69. The molecule has 3 nitrogen and oxygen atoms in total. The van der Waals surface area contributed by atoms with Gasteiger partial charge in [-0.1, -0.05) is 43.3 Å². The highest BCUT2D eigenvalue weighted by molar-refractivity contribution is 7.09. The van der Waals surface area contributed by atoms with Crippen LogP contribution in [0.4, 0.5) is 5.69 Å². The molecule has 1 aromatic heterocycles. The highest BCUT2D eigenvalue weighted by atomic mass is 32.1. The Labute approximate surface area is 146 Å². The van der Waals surface area contributed by atoms with Crippen molar-refractivity contribution in [2.75, 3.05) is 11.9 Å². The van der Waals surface area contributed by atoms with Crippen molar-refractivity contribution in [2.24, 2.45) is 0 Å². The van der Waals surface area contributed by atoms with Gasteiger partial charge in [0.1, 0.15) is 0 Å². The van der Waals surface area contributed by atoms with Gasteiger partial charge in [-0.3, -0.25) is 9.69 Å². The van der Waals surface area contributed by atoms with E-state index >= 15 is 0 Å². The third-order valence-corrected chi connectivity index (χ3v) is 5.15. The Hall–Kier alpha value is -2.17. The molecule has 0 aliphatic carbocycles. The Morgan fingerprint density at radius 1 is 1.12 bits per heavy atom. The molecule has 0 bridgehead atoms. The summed E-state index contributed by atoms with van der Waals surface area (Å²) in [7, 11) is 0. The van der Waals surface area contributed by atoms with E-state index in [-0.39, 0.29) is 11.9 Å². The topological polar surface area (TPSA) is 32.3 Å². The first-order chi connectivity index (χ1) is 11.7. The SMILES string of the molecule is CCN(Cc1cccs1)[C@@H](C)C(=O)Nc1ccc2ccccc2c1. The fourth-order valence-corrected chi connectivity index (χ4v) is 3.53. The summed E-state index contributed by atoms with van der Waals surface area (Å²) in [5.74, 6) is 0.0312. The molecule has 3 rings (SSSR count). The smallest absolute Gasteiger partial charge is 0.241 e. The van der Waals surface area contributed by atoms with E-state index in [1.807, 2.05) is 43.3 Å². The summed E-state index contributed by atoms with van der Waals surface area (Å²) in [5, 5.41) is 7.43. The van der Waals surface area contributed by atoms with Crippen molar-refractivity contribution in [1.29, 1.82) is 0 Å². The van der Waals surface area contributed by atoms with Gasteiger partial charge in [0.2, 0.25) is 5.91 Å². The third-order valence-electron chi connectivity index (χ3n) is 4.29. The lowest BCUT2D eigenvalue weighted by Crippen LogP contribution is -2.41. The number of carbonyl (C=O) groups is 1. The minimum atomic E-state index is -0.177. The molecule has 3 aromatic rings. The van der Waals surface area contributed by atoms with E-state index < -0.39 is 0 Å². The molecule has 0 saturated carbocycles. The van der Waals surface area contributed by atoms with E-state index in [0.717, 1.165) is 24.2 Å². The Kier molecular flexibility index (Phi) is 5.28. The molecular weight excluding hydrogens is 316 g/mol. The van der Waals surface area contributed by atoms with Gasteiger partial charge in [0.15, 0.2) is 0 Å². The van der Waals surface area contributed by atoms with E-state index in [1.165, 1.54) is 10.3 Å². The first-order valence-corrected chi connectivity index (χ1v) is 9.11. The number of fused-ring (bicyclic) bond motifs is 1. The molecule has 0 aliphatic heterocycles. The first kappa shape index (κ1) is 16.7. The number of likely N-dealkylation sites (N-methyl/N-ethyl adjacent to an activating group) is 1. The molecule has 124 valence electrons. The number of nitrogens with one attached hydrogen (secondary N) is 1. The number of thiophene rings is 1.